The Bertz CT molecular complexity index is 932. The molecule has 11 nitrogen and oxygen atoms in total. The molecule has 0 radical (unpaired) electrons. The van der Waals surface area contributed by atoms with Crippen LogP contribution in [0.5, 0.6) is 0 Å². The van der Waals surface area contributed by atoms with E-state index >= 15 is 0 Å². The summed E-state index contributed by atoms with van der Waals surface area (Å²) in [6, 6.07) is -1.52. The number of esters is 2. The van der Waals surface area contributed by atoms with Crippen LogP contribution in [0.3, 0.4) is 0 Å². The third-order valence-electron chi connectivity index (χ3n) is 8.76. The number of carbonyl (C=O) groups excluding carboxylic acids is 2. The van der Waals surface area contributed by atoms with E-state index in [2.05, 4.69) is 30.5 Å². The van der Waals surface area contributed by atoms with Crippen LogP contribution >= 0.6 is 7.82 Å². The molecule has 0 saturated heterocycles. The molecule has 0 amide bonds. The van der Waals surface area contributed by atoms with E-state index in [9.17, 15) is 23.8 Å². The van der Waals surface area contributed by atoms with E-state index in [4.69, 9.17) is 24.8 Å². The van der Waals surface area contributed by atoms with E-state index in [-0.39, 0.29) is 19.4 Å². The highest BCUT2D eigenvalue weighted by Crippen LogP contribution is 2.43. The Hall–Kier alpha value is -1.78. The van der Waals surface area contributed by atoms with E-state index in [0.717, 1.165) is 38.5 Å². The number of carboxylic acid groups (broad SMARTS) is 1. The molecule has 0 fully saturated rings. The second-order valence-corrected chi connectivity index (χ2v) is 15.2. The molecule has 12 heteroatoms. The van der Waals surface area contributed by atoms with Crippen molar-refractivity contribution in [3.05, 3.63) is 12.2 Å². The average molecular weight is 748 g/mol. The monoisotopic (exact) mass is 748 g/mol. The summed E-state index contributed by atoms with van der Waals surface area (Å²) in [5.41, 5.74) is 5.32. The van der Waals surface area contributed by atoms with Crippen LogP contribution in [0.4, 0.5) is 0 Å². The van der Waals surface area contributed by atoms with Gasteiger partial charge in [0.2, 0.25) is 0 Å². The van der Waals surface area contributed by atoms with E-state index in [1.54, 1.807) is 0 Å². The Labute approximate surface area is 309 Å². The summed E-state index contributed by atoms with van der Waals surface area (Å²) in [7, 11) is -4.71. The van der Waals surface area contributed by atoms with Crippen molar-refractivity contribution < 1.29 is 47.5 Å². The van der Waals surface area contributed by atoms with Crippen molar-refractivity contribution in [1.29, 1.82) is 0 Å². The second kappa shape index (κ2) is 35.3. The van der Waals surface area contributed by atoms with Gasteiger partial charge in [-0.25, -0.2) is 4.57 Å². The lowest BCUT2D eigenvalue weighted by Gasteiger charge is -2.20. The van der Waals surface area contributed by atoms with Crippen molar-refractivity contribution in [2.75, 3.05) is 19.8 Å². The number of phosphoric acid groups is 1. The van der Waals surface area contributed by atoms with Gasteiger partial charge in [0.15, 0.2) is 6.10 Å². The summed E-state index contributed by atoms with van der Waals surface area (Å²) in [5.74, 6) is -2.40. The summed E-state index contributed by atoms with van der Waals surface area (Å²) in [6.45, 7) is 2.78. The van der Waals surface area contributed by atoms with Gasteiger partial charge in [-0.2, -0.15) is 0 Å². The fourth-order valence-electron chi connectivity index (χ4n) is 5.53. The molecule has 51 heavy (non-hydrogen) atoms. The highest BCUT2D eigenvalue weighted by molar-refractivity contribution is 7.47. The first-order chi connectivity index (χ1) is 24.6. The van der Waals surface area contributed by atoms with E-state index in [1.807, 2.05) is 0 Å². The van der Waals surface area contributed by atoms with Crippen molar-refractivity contribution in [2.45, 2.75) is 199 Å². The van der Waals surface area contributed by atoms with Crippen LogP contribution in [0.25, 0.3) is 0 Å². The number of carboxylic acids is 1. The summed E-state index contributed by atoms with van der Waals surface area (Å²) in [5, 5.41) is 8.86. The molecule has 0 aliphatic rings. The molecule has 0 saturated carbocycles. The number of allylic oxidation sites excluding steroid dienone is 2. The van der Waals surface area contributed by atoms with E-state index in [1.165, 1.54) is 109 Å². The molecule has 0 aliphatic carbocycles. The number of unbranched alkanes of at least 4 members (excludes halogenated alkanes) is 22. The molecule has 0 aromatic rings. The maximum absolute atomic E-state index is 12.6. The number of phosphoric ester groups is 1. The fraction of sp³-hybridized carbons (Fsp3) is 0.872. The Balaban J connectivity index is 4.41. The molecule has 1 unspecified atom stereocenters. The third kappa shape index (κ3) is 35.0. The molecule has 0 bridgehead atoms. The van der Waals surface area contributed by atoms with Crippen molar-refractivity contribution in [1.82, 2.24) is 0 Å². The third-order valence-corrected chi connectivity index (χ3v) is 9.71. The molecule has 300 valence electrons. The quantitative estimate of drug-likeness (QED) is 0.0237. The standard InChI is InChI=1S/C39H74NO10P/c1-3-5-7-9-11-13-15-17-18-19-21-22-24-26-28-30-37(41)47-32-35(33-48-51(45,46)49-34-36(40)39(43)44)50-38(42)31-29-27-25-23-20-16-14-12-10-8-6-4-2/h21-22,35-36H,3-20,23-34,40H2,1-2H3,(H,43,44)(H,45,46)/b22-21+/t35-,36+/m1/s1. The fourth-order valence-corrected chi connectivity index (χ4v) is 6.31. The van der Waals surface area contributed by atoms with Gasteiger partial charge in [-0.1, -0.05) is 148 Å². The van der Waals surface area contributed by atoms with Crippen LogP contribution in [-0.2, 0) is 37.5 Å². The molecular weight excluding hydrogens is 673 g/mol. The Kier molecular flexibility index (Phi) is 34.0. The summed E-state index contributed by atoms with van der Waals surface area (Å²) < 4.78 is 32.6. The molecule has 0 rings (SSSR count). The maximum atomic E-state index is 12.6. The highest BCUT2D eigenvalue weighted by atomic mass is 31.2. The van der Waals surface area contributed by atoms with Gasteiger partial charge in [0.1, 0.15) is 12.6 Å². The normalized spacial score (nSPS) is 14.0. The van der Waals surface area contributed by atoms with Crippen LogP contribution in [0, 0.1) is 0 Å². The minimum Gasteiger partial charge on any atom is -0.480 e. The second-order valence-electron chi connectivity index (χ2n) is 13.8. The first kappa shape index (κ1) is 49.2. The number of aliphatic carboxylic acids is 1. The van der Waals surface area contributed by atoms with Gasteiger partial charge in [-0.05, 0) is 38.5 Å². The van der Waals surface area contributed by atoms with Crippen LogP contribution in [0.15, 0.2) is 12.2 Å². The zero-order chi connectivity index (χ0) is 37.8. The molecule has 0 spiro atoms. The molecule has 0 aromatic heterocycles. The van der Waals surface area contributed by atoms with Crippen LogP contribution in [-0.4, -0.2) is 59.9 Å². The molecule has 3 atom stereocenters. The predicted octanol–water partition coefficient (Wildman–Crippen LogP) is 10.1. The van der Waals surface area contributed by atoms with Gasteiger partial charge in [-0.3, -0.25) is 23.4 Å². The Morgan fingerprint density at radius 1 is 0.588 bits per heavy atom. The van der Waals surface area contributed by atoms with Crippen LogP contribution in [0.2, 0.25) is 0 Å². The lowest BCUT2D eigenvalue weighted by molar-refractivity contribution is -0.161. The van der Waals surface area contributed by atoms with Gasteiger partial charge in [-0.15, -0.1) is 0 Å². The number of rotatable bonds is 38. The molecule has 4 N–H and O–H groups in total. The molecular formula is C39H74NO10P. The number of nitrogens with two attached hydrogens (primary N) is 1. The molecule has 0 aromatic carbocycles. The minimum absolute atomic E-state index is 0.162. The largest absolute Gasteiger partial charge is 0.480 e. The van der Waals surface area contributed by atoms with Crippen LogP contribution in [0.1, 0.15) is 187 Å². The van der Waals surface area contributed by atoms with Crippen molar-refractivity contribution in [2.24, 2.45) is 5.73 Å². The van der Waals surface area contributed by atoms with Gasteiger partial charge in [0.05, 0.1) is 13.2 Å². The first-order valence-corrected chi connectivity index (χ1v) is 21.7. The lowest BCUT2D eigenvalue weighted by Crippen LogP contribution is -2.34. The van der Waals surface area contributed by atoms with Gasteiger partial charge in [0, 0.05) is 12.8 Å². The minimum atomic E-state index is -4.71. The smallest absolute Gasteiger partial charge is 0.472 e. The molecule has 0 heterocycles. The Morgan fingerprint density at radius 2 is 0.980 bits per heavy atom. The first-order valence-electron chi connectivity index (χ1n) is 20.2. The molecule has 0 aliphatic heterocycles. The topological polar surface area (TPSA) is 172 Å². The zero-order valence-corrected chi connectivity index (χ0v) is 33.1. The van der Waals surface area contributed by atoms with E-state index < -0.39 is 51.1 Å². The predicted molar refractivity (Wildman–Crippen MR) is 203 cm³/mol. The van der Waals surface area contributed by atoms with Gasteiger partial charge >= 0.3 is 25.7 Å². The number of carbonyl (C=O) groups is 3. The highest BCUT2D eigenvalue weighted by Gasteiger charge is 2.28. The zero-order valence-electron chi connectivity index (χ0n) is 32.2. The van der Waals surface area contributed by atoms with Crippen molar-refractivity contribution in [3.63, 3.8) is 0 Å². The summed E-state index contributed by atoms with van der Waals surface area (Å²) in [4.78, 5) is 45.8. The van der Waals surface area contributed by atoms with Crippen molar-refractivity contribution in [3.8, 4) is 0 Å². The van der Waals surface area contributed by atoms with Gasteiger partial charge in [0.25, 0.3) is 0 Å². The maximum Gasteiger partial charge on any atom is 0.472 e. The van der Waals surface area contributed by atoms with Gasteiger partial charge < -0.3 is 25.2 Å². The number of hydrogen-bond donors (Lipinski definition) is 3. The number of hydrogen-bond acceptors (Lipinski definition) is 9. The van der Waals surface area contributed by atoms with E-state index in [0.29, 0.717) is 12.8 Å². The average Bonchev–Trinajstić information content (AvgIpc) is 3.10. The SMILES string of the molecule is CCCCCCCCCCC/C=C/CCCCC(=O)OC[C@H](COP(=O)(O)OC[C@H](N)C(=O)O)OC(=O)CCCCCCCCCCCCCC. The summed E-state index contributed by atoms with van der Waals surface area (Å²) >= 11 is 0. The summed E-state index contributed by atoms with van der Waals surface area (Å²) in [6.07, 6.45) is 32.8. The number of ether oxygens (including phenoxy) is 2. The Morgan fingerprint density at radius 3 is 1.47 bits per heavy atom. The van der Waals surface area contributed by atoms with Crippen molar-refractivity contribution >= 4 is 25.7 Å². The lowest BCUT2D eigenvalue weighted by atomic mass is 10.0. The van der Waals surface area contributed by atoms with Crippen LogP contribution < -0.4 is 5.73 Å².